The van der Waals surface area contributed by atoms with Gasteiger partial charge in [-0.15, -0.1) is 16.4 Å². The van der Waals surface area contributed by atoms with Crippen molar-refractivity contribution in [2.45, 2.75) is 19.4 Å². The molecule has 2 heterocycles. The molecular formula is C15H15ClN6OS. The summed E-state index contributed by atoms with van der Waals surface area (Å²) in [6.07, 6.45) is 2.54. The van der Waals surface area contributed by atoms with Crippen LogP contribution in [0, 0.1) is 0 Å². The number of amides is 1. The van der Waals surface area contributed by atoms with Crippen molar-refractivity contribution >= 4 is 28.8 Å². The number of hydrogen-bond acceptors (Lipinski definition) is 6. The van der Waals surface area contributed by atoms with Crippen molar-refractivity contribution in [1.82, 2.24) is 30.5 Å². The van der Waals surface area contributed by atoms with Gasteiger partial charge in [0.25, 0.3) is 0 Å². The molecule has 0 atom stereocenters. The van der Waals surface area contributed by atoms with Crippen LogP contribution in [0.1, 0.15) is 11.4 Å². The summed E-state index contributed by atoms with van der Waals surface area (Å²) in [7, 11) is 0. The van der Waals surface area contributed by atoms with Gasteiger partial charge in [0.05, 0.1) is 17.2 Å². The van der Waals surface area contributed by atoms with Gasteiger partial charge in [0.15, 0.2) is 0 Å². The van der Waals surface area contributed by atoms with Gasteiger partial charge >= 0.3 is 0 Å². The Kier molecular flexibility index (Phi) is 5.50. The SMILES string of the molecule is O=C(CCn1cnnn1)NCCc1nc(-c2ccc(Cl)cc2)cs1. The van der Waals surface area contributed by atoms with Gasteiger partial charge in [-0.25, -0.2) is 9.67 Å². The smallest absolute Gasteiger partial charge is 0.221 e. The number of carbonyl (C=O) groups excluding carboxylic acids is 1. The standard InChI is InChI=1S/C15H15ClN6OS/c16-12-3-1-11(2-4-12)13-9-24-15(19-13)5-7-17-14(23)6-8-22-10-18-20-21-22/h1-4,9-10H,5-8H2,(H,17,23). The number of aromatic nitrogens is 5. The lowest BCUT2D eigenvalue weighted by atomic mass is 10.2. The van der Waals surface area contributed by atoms with Crippen molar-refractivity contribution in [3.63, 3.8) is 0 Å². The van der Waals surface area contributed by atoms with E-state index in [-0.39, 0.29) is 5.91 Å². The Balaban J connectivity index is 1.43. The monoisotopic (exact) mass is 362 g/mol. The first kappa shape index (κ1) is 16.5. The minimum Gasteiger partial charge on any atom is -0.356 e. The molecule has 1 amide bonds. The Morgan fingerprint density at radius 1 is 1.29 bits per heavy atom. The summed E-state index contributed by atoms with van der Waals surface area (Å²) in [5.41, 5.74) is 1.96. The quantitative estimate of drug-likeness (QED) is 0.696. The highest BCUT2D eigenvalue weighted by atomic mass is 35.5. The number of hydrogen-bond donors (Lipinski definition) is 1. The van der Waals surface area contributed by atoms with Crippen molar-refractivity contribution < 1.29 is 4.79 Å². The topological polar surface area (TPSA) is 85.6 Å². The van der Waals surface area contributed by atoms with Crippen molar-refractivity contribution in [1.29, 1.82) is 0 Å². The molecule has 0 aliphatic heterocycles. The number of rotatable bonds is 7. The minimum absolute atomic E-state index is 0.0278. The molecule has 0 bridgehead atoms. The van der Waals surface area contributed by atoms with Gasteiger partial charge in [0.2, 0.25) is 5.91 Å². The number of aryl methyl sites for hydroxylation is 1. The number of halogens is 1. The molecule has 1 N–H and O–H groups in total. The Labute approximate surface area is 147 Å². The highest BCUT2D eigenvalue weighted by molar-refractivity contribution is 7.09. The van der Waals surface area contributed by atoms with Gasteiger partial charge < -0.3 is 5.32 Å². The number of thiazole rings is 1. The predicted octanol–water partition coefficient (Wildman–Crippen LogP) is 2.20. The van der Waals surface area contributed by atoms with Crippen LogP contribution in [0.4, 0.5) is 0 Å². The summed E-state index contributed by atoms with van der Waals surface area (Å²) in [4.78, 5) is 16.4. The molecule has 2 aromatic heterocycles. The third kappa shape index (κ3) is 4.59. The van der Waals surface area contributed by atoms with Gasteiger partial charge in [-0.05, 0) is 22.6 Å². The number of carbonyl (C=O) groups is 1. The van der Waals surface area contributed by atoms with Crippen LogP contribution < -0.4 is 5.32 Å². The fourth-order valence-electron chi connectivity index (χ4n) is 2.08. The maximum Gasteiger partial charge on any atom is 0.221 e. The number of tetrazole rings is 1. The molecule has 0 saturated heterocycles. The molecule has 0 fully saturated rings. The van der Waals surface area contributed by atoms with E-state index < -0.39 is 0 Å². The lowest BCUT2D eigenvalue weighted by molar-refractivity contribution is -0.121. The summed E-state index contributed by atoms with van der Waals surface area (Å²) in [5, 5.41) is 17.3. The molecule has 0 aliphatic carbocycles. The van der Waals surface area contributed by atoms with Gasteiger partial charge in [-0.1, -0.05) is 23.7 Å². The Morgan fingerprint density at radius 3 is 2.88 bits per heavy atom. The van der Waals surface area contributed by atoms with Crippen LogP contribution in [0.3, 0.4) is 0 Å². The van der Waals surface area contributed by atoms with Crippen molar-refractivity contribution in [3.05, 3.63) is 46.0 Å². The zero-order chi connectivity index (χ0) is 16.8. The Morgan fingerprint density at radius 2 is 2.12 bits per heavy atom. The third-order valence-corrected chi connectivity index (χ3v) is 4.47. The molecule has 0 saturated carbocycles. The second kappa shape index (κ2) is 7.98. The molecule has 3 aromatic rings. The highest BCUT2D eigenvalue weighted by Gasteiger charge is 2.06. The number of benzene rings is 1. The molecule has 7 nitrogen and oxygen atoms in total. The van der Waals surface area contributed by atoms with Crippen LogP contribution in [0.15, 0.2) is 36.0 Å². The molecule has 0 spiro atoms. The fourth-order valence-corrected chi connectivity index (χ4v) is 3.01. The van der Waals surface area contributed by atoms with E-state index >= 15 is 0 Å². The van der Waals surface area contributed by atoms with E-state index in [1.807, 2.05) is 29.6 Å². The molecular weight excluding hydrogens is 348 g/mol. The van der Waals surface area contributed by atoms with Gasteiger partial charge in [0.1, 0.15) is 6.33 Å². The average Bonchev–Trinajstić information content (AvgIpc) is 3.25. The van der Waals surface area contributed by atoms with Crippen LogP contribution in [0.2, 0.25) is 5.02 Å². The van der Waals surface area contributed by atoms with Crippen molar-refractivity contribution in [3.8, 4) is 11.3 Å². The summed E-state index contributed by atoms with van der Waals surface area (Å²) < 4.78 is 1.53. The zero-order valence-electron chi connectivity index (χ0n) is 12.7. The molecule has 124 valence electrons. The highest BCUT2D eigenvalue weighted by Crippen LogP contribution is 2.23. The zero-order valence-corrected chi connectivity index (χ0v) is 14.3. The number of nitrogens with zero attached hydrogens (tertiary/aromatic N) is 5. The maximum absolute atomic E-state index is 11.8. The number of nitrogens with one attached hydrogen (secondary N) is 1. The van der Waals surface area contributed by atoms with Crippen LogP contribution >= 0.6 is 22.9 Å². The lowest BCUT2D eigenvalue weighted by Crippen LogP contribution is -2.26. The first-order valence-corrected chi connectivity index (χ1v) is 8.64. The summed E-state index contributed by atoms with van der Waals surface area (Å²) in [5.74, 6) is -0.0278. The molecule has 0 radical (unpaired) electrons. The van der Waals surface area contributed by atoms with Crippen molar-refractivity contribution in [2.75, 3.05) is 6.54 Å². The van der Waals surface area contributed by atoms with Crippen LogP contribution in [0.25, 0.3) is 11.3 Å². The molecule has 3 rings (SSSR count). The maximum atomic E-state index is 11.8. The van der Waals surface area contributed by atoms with E-state index in [9.17, 15) is 4.79 Å². The van der Waals surface area contributed by atoms with Crippen LogP contribution in [-0.4, -0.2) is 37.6 Å². The Hall–Kier alpha value is -2.32. The second-order valence-electron chi connectivity index (χ2n) is 5.06. The largest absolute Gasteiger partial charge is 0.356 e. The fraction of sp³-hybridized carbons (Fsp3) is 0.267. The summed E-state index contributed by atoms with van der Waals surface area (Å²) in [6.45, 7) is 1.03. The Bertz CT molecular complexity index is 787. The van der Waals surface area contributed by atoms with Gasteiger partial charge in [-0.2, -0.15) is 0 Å². The third-order valence-electron chi connectivity index (χ3n) is 3.31. The molecule has 1 aromatic carbocycles. The molecule has 24 heavy (non-hydrogen) atoms. The molecule has 9 heteroatoms. The summed E-state index contributed by atoms with van der Waals surface area (Å²) in [6, 6.07) is 7.59. The van der Waals surface area contributed by atoms with Crippen molar-refractivity contribution in [2.24, 2.45) is 0 Å². The van der Waals surface area contributed by atoms with E-state index in [1.165, 1.54) is 11.0 Å². The normalized spacial score (nSPS) is 10.7. The first-order valence-electron chi connectivity index (χ1n) is 7.38. The average molecular weight is 363 g/mol. The van der Waals surface area contributed by atoms with E-state index in [0.717, 1.165) is 16.3 Å². The van der Waals surface area contributed by atoms with Gasteiger partial charge in [0, 0.05) is 35.4 Å². The van der Waals surface area contributed by atoms with E-state index in [0.29, 0.717) is 31.0 Å². The lowest BCUT2D eigenvalue weighted by Gasteiger charge is -2.03. The minimum atomic E-state index is -0.0278. The second-order valence-corrected chi connectivity index (χ2v) is 6.44. The summed E-state index contributed by atoms with van der Waals surface area (Å²) >= 11 is 7.48. The first-order chi connectivity index (χ1) is 11.7. The van der Waals surface area contributed by atoms with Crippen LogP contribution in [0.5, 0.6) is 0 Å². The van der Waals surface area contributed by atoms with Crippen LogP contribution in [-0.2, 0) is 17.8 Å². The molecule has 0 unspecified atom stereocenters. The van der Waals surface area contributed by atoms with E-state index in [2.05, 4.69) is 25.8 Å². The predicted molar refractivity (Wildman–Crippen MR) is 91.7 cm³/mol. The molecule has 0 aliphatic rings. The van der Waals surface area contributed by atoms with E-state index in [1.54, 1.807) is 11.3 Å². The van der Waals surface area contributed by atoms with E-state index in [4.69, 9.17) is 11.6 Å². The van der Waals surface area contributed by atoms with Gasteiger partial charge in [-0.3, -0.25) is 4.79 Å².